The zero-order chi connectivity index (χ0) is 20.1. The van der Waals surface area contributed by atoms with Crippen LogP contribution in [-0.4, -0.2) is 70.6 Å². The molecule has 2 aliphatic heterocycles. The minimum absolute atomic E-state index is 0.0380. The standard InChI is InChI=1S/C20H28N2O5S/c23-18(24)12-15-6-10-22(19(25)17-2-1-11-28-17)13-16(15)5-9-21-7-3-14(4-8-21)20(26)27/h1-2,11,14-16H,3-10,12-13H2,(H,23,24)(H,26,27)/t15-,16-/m0/s1. The number of aliphatic carboxylic acids is 2. The number of thiophene rings is 1. The molecule has 154 valence electrons. The Morgan fingerprint density at radius 3 is 2.43 bits per heavy atom. The van der Waals surface area contributed by atoms with Crippen LogP contribution in [0.2, 0.25) is 0 Å². The summed E-state index contributed by atoms with van der Waals surface area (Å²) in [6.45, 7) is 3.57. The first-order chi connectivity index (χ1) is 13.4. The largest absolute Gasteiger partial charge is 0.481 e. The van der Waals surface area contributed by atoms with Crippen LogP contribution >= 0.6 is 11.3 Å². The van der Waals surface area contributed by atoms with Gasteiger partial charge in [-0.3, -0.25) is 14.4 Å². The second kappa shape index (κ2) is 9.52. The molecule has 2 aliphatic rings. The fraction of sp³-hybridized carbons (Fsp3) is 0.650. The molecular weight excluding hydrogens is 380 g/mol. The highest BCUT2D eigenvalue weighted by molar-refractivity contribution is 7.12. The molecule has 3 rings (SSSR count). The molecule has 2 saturated heterocycles. The lowest BCUT2D eigenvalue weighted by molar-refractivity contribution is -0.143. The Morgan fingerprint density at radius 1 is 1.07 bits per heavy atom. The molecule has 8 heteroatoms. The average molecular weight is 409 g/mol. The SMILES string of the molecule is O=C(O)C[C@@H]1CCN(C(=O)c2cccs2)C[C@@H]1CCN1CCC(C(=O)O)CC1. The lowest BCUT2D eigenvalue weighted by atomic mass is 9.81. The van der Waals surface area contributed by atoms with Gasteiger partial charge in [-0.25, -0.2) is 0 Å². The number of carboxylic acid groups (broad SMARTS) is 2. The first-order valence-electron chi connectivity index (χ1n) is 9.93. The van der Waals surface area contributed by atoms with Crippen LogP contribution in [0.4, 0.5) is 0 Å². The van der Waals surface area contributed by atoms with Gasteiger partial charge in [0.2, 0.25) is 0 Å². The van der Waals surface area contributed by atoms with E-state index in [2.05, 4.69) is 4.90 Å². The topological polar surface area (TPSA) is 98.2 Å². The van der Waals surface area contributed by atoms with Gasteiger partial charge in [0.1, 0.15) is 0 Å². The van der Waals surface area contributed by atoms with E-state index in [4.69, 9.17) is 5.11 Å². The van der Waals surface area contributed by atoms with E-state index in [0.717, 1.165) is 37.4 Å². The third-order valence-corrected chi connectivity index (χ3v) is 6.96. The molecule has 0 saturated carbocycles. The van der Waals surface area contributed by atoms with Crippen molar-refractivity contribution in [2.75, 3.05) is 32.7 Å². The van der Waals surface area contributed by atoms with Gasteiger partial charge >= 0.3 is 11.9 Å². The van der Waals surface area contributed by atoms with E-state index in [-0.39, 0.29) is 30.1 Å². The minimum Gasteiger partial charge on any atom is -0.481 e. The number of nitrogens with zero attached hydrogens (tertiary/aromatic N) is 2. The summed E-state index contributed by atoms with van der Waals surface area (Å²) in [5, 5.41) is 20.3. The normalized spacial score (nSPS) is 24.2. The monoisotopic (exact) mass is 408 g/mol. The van der Waals surface area contributed by atoms with Crippen molar-refractivity contribution in [3.63, 3.8) is 0 Å². The van der Waals surface area contributed by atoms with Crippen molar-refractivity contribution in [1.29, 1.82) is 0 Å². The average Bonchev–Trinajstić information content (AvgIpc) is 3.21. The van der Waals surface area contributed by atoms with Gasteiger partial charge in [0, 0.05) is 19.5 Å². The molecular formula is C20H28N2O5S. The number of amides is 1. The number of rotatable bonds is 7. The Bertz CT molecular complexity index is 685. The highest BCUT2D eigenvalue weighted by Crippen LogP contribution is 2.31. The molecule has 0 spiro atoms. The van der Waals surface area contributed by atoms with E-state index in [1.165, 1.54) is 11.3 Å². The van der Waals surface area contributed by atoms with Crippen LogP contribution in [0, 0.1) is 17.8 Å². The second-order valence-corrected chi connectivity index (χ2v) is 8.83. The van der Waals surface area contributed by atoms with Crippen LogP contribution < -0.4 is 0 Å². The maximum atomic E-state index is 12.7. The van der Waals surface area contributed by atoms with Gasteiger partial charge in [0.15, 0.2) is 0 Å². The van der Waals surface area contributed by atoms with E-state index >= 15 is 0 Å². The third-order valence-electron chi connectivity index (χ3n) is 6.10. The fourth-order valence-corrected chi connectivity index (χ4v) is 5.08. The summed E-state index contributed by atoms with van der Waals surface area (Å²) in [6.07, 6.45) is 3.04. The van der Waals surface area contributed by atoms with Gasteiger partial charge < -0.3 is 20.0 Å². The molecule has 0 bridgehead atoms. The summed E-state index contributed by atoms with van der Waals surface area (Å²) in [4.78, 5) is 39.9. The predicted molar refractivity (Wildman–Crippen MR) is 105 cm³/mol. The van der Waals surface area contributed by atoms with Crippen LogP contribution in [0.1, 0.15) is 41.8 Å². The molecule has 0 unspecified atom stereocenters. The fourth-order valence-electron chi connectivity index (χ4n) is 4.39. The van der Waals surface area contributed by atoms with Crippen molar-refractivity contribution in [3.05, 3.63) is 22.4 Å². The van der Waals surface area contributed by atoms with Crippen LogP contribution in [-0.2, 0) is 9.59 Å². The minimum atomic E-state index is -0.782. The van der Waals surface area contributed by atoms with Gasteiger partial charge in [-0.05, 0) is 68.6 Å². The van der Waals surface area contributed by atoms with Gasteiger partial charge in [-0.2, -0.15) is 0 Å². The molecule has 2 N–H and O–H groups in total. The number of hydrogen-bond donors (Lipinski definition) is 2. The quantitative estimate of drug-likeness (QED) is 0.719. The maximum Gasteiger partial charge on any atom is 0.306 e. The van der Waals surface area contributed by atoms with Crippen molar-refractivity contribution in [2.45, 2.75) is 32.1 Å². The highest BCUT2D eigenvalue weighted by atomic mass is 32.1. The summed E-state index contributed by atoms with van der Waals surface area (Å²) in [5.74, 6) is -1.46. The Hall–Kier alpha value is -1.93. The Labute approximate surface area is 168 Å². The lowest BCUT2D eigenvalue weighted by Crippen LogP contribution is -2.45. The van der Waals surface area contributed by atoms with E-state index in [1.54, 1.807) is 0 Å². The van der Waals surface area contributed by atoms with Gasteiger partial charge in [0.05, 0.1) is 10.8 Å². The van der Waals surface area contributed by atoms with Crippen molar-refractivity contribution in [3.8, 4) is 0 Å². The van der Waals surface area contributed by atoms with Gasteiger partial charge in [-0.15, -0.1) is 11.3 Å². The molecule has 2 atom stereocenters. The summed E-state index contributed by atoms with van der Waals surface area (Å²) < 4.78 is 0. The molecule has 0 radical (unpaired) electrons. The summed E-state index contributed by atoms with van der Waals surface area (Å²) >= 11 is 1.43. The van der Waals surface area contributed by atoms with Crippen LogP contribution in [0.3, 0.4) is 0 Å². The van der Waals surface area contributed by atoms with Crippen molar-refractivity contribution < 1.29 is 24.6 Å². The number of carbonyl (C=O) groups is 3. The molecule has 3 heterocycles. The smallest absolute Gasteiger partial charge is 0.306 e. The Morgan fingerprint density at radius 2 is 1.82 bits per heavy atom. The van der Waals surface area contributed by atoms with E-state index in [9.17, 15) is 19.5 Å². The highest BCUT2D eigenvalue weighted by Gasteiger charge is 2.34. The summed E-state index contributed by atoms with van der Waals surface area (Å²) in [7, 11) is 0. The maximum absolute atomic E-state index is 12.7. The third kappa shape index (κ3) is 5.32. The molecule has 0 aliphatic carbocycles. The van der Waals surface area contributed by atoms with Crippen LogP contribution in [0.15, 0.2) is 17.5 Å². The molecule has 7 nitrogen and oxygen atoms in total. The number of piperidine rings is 2. The first-order valence-corrected chi connectivity index (χ1v) is 10.8. The molecule has 0 aromatic carbocycles. The van der Waals surface area contributed by atoms with Crippen LogP contribution in [0.25, 0.3) is 0 Å². The van der Waals surface area contributed by atoms with Gasteiger partial charge in [0.25, 0.3) is 5.91 Å². The number of likely N-dealkylation sites (tertiary alicyclic amines) is 2. The Balaban J connectivity index is 1.57. The Kier molecular flexibility index (Phi) is 7.07. The number of carboxylic acids is 2. The zero-order valence-electron chi connectivity index (χ0n) is 16.0. The van der Waals surface area contributed by atoms with Gasteiger partial charge in [-0.1, -0.05) is 6.07 Å². The van der Waals surface area contributed by atoms with E-state index in [1.807, 2.05) is 22.4 Å². The zero-order valence-corrected chi connectivity index (χ0v) is 16.8. The first kappa shape index (κ1) is 20.8. The molecule has 1 aromatic heterocycles. The van der Waals surface area contributed by atoms with E-state index < -0.39 is 11.9 Å². The molecule has 1 amide bonds. The number of hydrogen-bond acceptors (Lipinski definition) is 5. The van der Waals surface area contributed by atoms with Crippen molar-refractivity contribution in [1.82, 2.24) is 9.80 Å². The summed E-state index contributed by atoms with van der Waals surface area (Å²) in [5.41, 5.74) is 0. The molecule has 28 heavy (non-hydrogen) atoms. The predicted octanol–water partition coefficient (Wildman–Crippen LogP) is 2.49. The second-order valence-electron chi connectivity index (χ2n) is 7.88. The molecule has 1 aromatic rings. The lowest BCUT2D eigenvalue weighted by Gasteiger charge is -2.39. The van der Waals surface area contributed by atoms with Crippen molar-refractivity contribution in [2.24, 2.45) is 17.8 Å². The van der Waals surface area contributed by atoms with Crippen molar-refractivity contribution >= 4 is 29.2 Å². The van der Waals surface area contributed by atoms with E-state index in [0.29, 0.717) is 25.9 Å². The number of carbonyl (C=O) groups excluding carboxylic acids is 1. The molecule has 2 fully saturated rings. The van der Waals surface area contributed by atoms with Crippen LogP contribution in [0.5, 0.6) is 0 Å². The summed E-state index contributed by atoms with van der Waals surface area (Å²) in [6, 6.07) is 3.70.